The average molecular weight is 632 g/mol. The number of carbonyl (C=O) groups is 2. The van der Waals surface area contributed by atoms with Gasteiger partial charge in [-0.15, -0.1) is 0 Å². The first-order valence-corrected chi connectivity index (χ1v) is 14.6. The van der Waals surface area contributed by atoms with Crippen LogP contribution in [0.1, 0.15) is 72.4 Å². The van der Waals surface area contributed by atoms with Crippen molar-refractivity contribution in [2.24, 2.45) is 11.8 Å². The maximum Gasteiger partial charge on any atom is 0.416 e. The summed E-state index contributed by atoms with van der Waals surface area (Å²) in [5, 5.41) is 12.0. The fourth-order valence-electron chi connectivity index (χ4n) is 6.21. The van der Waals surface area contributed by atoms with Crippen LogP contribution >= 0.6 is 0 Å². The number of piperazine rings is 1. The molecule has 1 aliphatic carbocycles. The Bertz CT molecular complexity index is 1310. The molecule has 1 heterocycles. The third-order valence-electron chi connectivity index (χ3n) is 8.77. The molecule has 2 fully saturated rings. The number of amides is 2. The van der Waals surface area contributed by atoms with E-state index in [1.54, 1.807) is 17.9 Å². The maximum atomic E-state index is 13.9. The van der Waals surface area contributed by atoms with Crippen molar-refractivity contribution in [2.45, 2.75) is 63.8 Å². The zero-order valence-electron chi connectivity index (χ0n) is 24.4. The van der Waals surface area contributed by atoms with Gasteiger partial charge in [0.05, 0.1) is 23.1 Å². The topological polar surface area (TPSA) is 72.9 Å². The van der Waals surface area contributed by atoms with E-state index < -0.39 is 53.3 Å². The van der Waals surface area contributed by atoms with E-state index in [9.17, 15) is 45.4 Å². The highest BCUT2D eigenvalue weighted by Crippen LogP contribution is 2.38. The molecule has 0 aromatic heterocycles. The molecule has 1 saturated heterocycles. The highest BCUT2D eigenvalue weighted by molar-refractivity contribution is 5.75. The van der Waals surface area contributed by atoms with Crippen LogP contribution in [-0.4, -0.2) is 59.6 Å². The zero-order valence-corrected chi connectivity index (χ0v) is 24.4. The van der Waals surface area contributed by atoms with Crippen LogP contribution < -0.4 is 5.32 Å². The molecule has 0 bridgehead atoms. The SMILES string of the molecule is Cc1cc(F)ccc1C1CN(CC2CCC(C(=O)O)CC2)CCN1C(=O)NC[C@H](C)c1cc(C(F)(F)F)cc(C(F)(F)F)c1. The van der Waals surface area contributed by atoms with Crippen LogP contribution in [0.4, 0.5) is 35.5 Å². The molecule has 1 unspecified atom stereocenters. The smallest absolute Gasteiger partial charge is 0.416 e. The first-order chi connectivity index (χ1) is 20.5. The molecule has 1 aliphatic heterocycles. The summed E-state index contributed by atoms with van der Waals surface area (Å²) in [5.41, 5.74) is -1.68. The van der Waals surface area contributed by atoms with Crippen molar-refractivity contribution in [2.75, 3.05) is 32.7 Å². The standard InChI is InChI=1S/C31H36F7N3O3/c1-18-11-25(32)7-8-26(18)27-17-40(16-20-3-5-21(6-4-20)28(42)43)9-10-41(27)29(44)39-15-19(2)22-12-23(30(33,34)35)14-24(13-22)31(36,37)38/h7-8,11-14,19-21,27H,3-6,9-10,15-17H2,1-2H3,(H,39,44)(H,42,43)/t19-,20?,21?,27?/m0/s1. The Kier molecular flexibility index (Phi) is 10.2. The number of carbonyl (C=O) groups excluding carboxylic acids is 1. The Morgan fingerprint density at radius 1 is 0.955 bits per heavy atom. The molecule has 4 rings (SSSR count). The Hall–Kier alpha value is -3.35. The van der Waals surface area contributed by atoms with Crippen LogP contribution in [0.2, 0.25) is 0 Å². The molecule has 2 N–H and O–H groups in total. The minimum atomic E-state index is -4.98. The molecular weight excluding hydrogens is 595 g/mol. The average Bonchev–Trinajstić information content (AvgIpc) is 2.95. The van der Waals surface area contributed by atoms with Gasteiger partial charge in [0.25, 0.3) is 0 Å². The molecule has 2 atom stereocenters. The van der Waals surface area contributed by atoms with Crippen LogP contribution in [0.5, 0.6) is 0 Å². The van der Waals surface area contributed by atoms with Crippen LogP contribution in [0.25, 0.3) is 0 Å². The Morgan fingerprint density at radius 2 is 1.57 bits per heavy atom. The number of carboxylic acid groups (broad SMARTS) is 1. The van der Waals surface area contributed by atoms with E-state index in [2.05, 4.69) is 10.2 Å². The fourth-order valence-corrected chi connectivity index (χ4v) is 6.21. The lowest BCUT2D eigenvalue weighted by molar-refractivity contribution is -0.144. The number of alkyl halides is 6. The lowest BCUT2D eigenvalue weighted by Gasteiger charge is -2.43. The summed E-state index contributed by atoms with van der Waals surface area (Å²) in [6.07, 6.45) is -7.18. The van der Waals surface area contributed by atoms with E-state index in [-0.39, 0.29) is 30.6 Å². The van der Waals surface area contributed by atoms with Gasteiger partial charge in [-0.3, -0.25) is 9.69 Å². The van der Waals surface area contributed by atoms with E-state index in [0.717, 1.165) is 18.4 Å². The van der Waals surface area contributed by atoms with Gasteiger partial charge >= 0.3 is 24.4 Å². The molecule has 6 nitrogen and oxygen atoms in total. The van der Waals surface area contributed by atoms with Crippen molar-refractivity contribution in [3.05, 3.63) is 70.0 Å². The second-order valence-corrected chi connectivity index (χ2v) is 12.0. The number of hydrogen-bond acceptors (Lipinski definition) is 3. The summed E-state index contributed by atoms with van der Waals surface area (Å²) in [6.45, 7) is 4.90. The summed E-state index contributed by atoms with van der Waals surface area (Å²) >= 11 is 0. The predicted molar refractivity (Wildman–Crippen MR) is 148 cm³/mol. The molecular formula is C31H36F7N3O3. The lowest BCUT2D eigenvalue weighted by Crippen LogP contribution is -2.54. The van der Waals surface area contributed by atoms with Gasteiger partial charge in [0.15, 0.2) is 0 Å². The Balaban J connectivity index is 1.48. The van der Waals surface area contributed by atoms with Crippen molar-refractivity contribution in [1.29, 1.82) is 0 Å². The largest absolute Gasteiger partial charge is 0.481 e. The summed E-state index contributed by atoms with van der Waals surface area (Å²) in [4.78, 5) is 28.5. The molecule has 2 aromatic carbocycles. The van der Waals surface area contributed by atoms with Gasteiger partial charge in [-0.25, -0.2) is 9.18 Å². The third kappa shape index (κ3) is 8.22. The van der Waals surface area contributed by atoms with Gasteiger partial charge in [-0.05, 0) is 91.5 Å². The molecule has 242 valence electrons. The van der Waals surface area contributed by atoms with Gasteiger partial charge in [-0.1, -0.05) is 13.0 Å². The number of benzene rings is 2. The highest BCUT2D eigenvalue weighted by Gasteiger charge is 2.38. The summed E-state index contributed by atoms with van der Waals surface area (Å²) in [5.74, 6) is -2.11. The number of nitrogens with zero attached hydrogens (tertiary/aromatic N) is 2. The van der Waals surface area contributed by atoms with E-state index in [1.165, 1.54) is 19.1 Å². The van der Waals surface area contributed by atoms with Crippen molar-refractivity contribution in [1.82, 2.24) is 15.1 Å². The van der Waals surface area contributed by atoms with Crippen LogP contribution in [0.15, 0.2) is 36.4 Å². The second-order valence-electron chi connectivity index (χ2n) is 12.0. The van der Waals surface area contributed by atoms with Crippen LogP contribution in [-0.2, 0) is 17.1 Å². The first-order valence-electron chi connectivity index (χ1n) is 14.6. The number of rotatable bonds is 7. The molecule has 13 heteroatoms. The maximum absolute atomic E-state index is 13.9. The monoisotopic (exact) mass is 631 g/mol. The van der Waals surface area contributed by atoms with Crippen molar-refractivity contribution < 1.29 is 45.4 Å². The van der Waals surface area contributed by atoms with Gasteiger partial charge in [0.2, 0.25) is 0 Å². The van der Waals surface area contributed by atoms with E-state index in [4.69, 9.17) is 0 Å². The fraction of sp³-hybridized carbons (Fsp3) is 0.548. The van der Waals surface area contributed by atoms with Crippen LogP contribution in [0, 0.1) is 24.6 Å². The third-order valence-corrected chi connectivity index (χ3v) is 8.77. The van der Waals surface area contributed by atoms with E-state index >= 15 is 0 Å². The van der Waals surface area contributed by atoms with E-state index in [0.29, 0.717) is 56.1 Å². The van der Waals surface area contributed by atoms with Gasteiger partial charge < -0.3 is 15.3 Å². The van der Waals surface area contributed by atoms with Gasteiger partial charge in [-0.2, -0.15) is 26.3 Å². The predicted octanol–water partition coefficient (Wildman–Crippen LogP) is 7.23. The van der Waals surface area contributed by atoms with Crippen molar-refractivity contribution in [3.63, 3.8) is 0 Å². The number of halogens is 7. The Morgan fingerprint density at radius 3 is 2.11 bits per heavy atom. The molecule has 0 spiro atoms. The van der Waals surface area contributed by atoms with Crippen molar-refractivity contribution >= 4 is 12.0 Å². The molecule has 44 heavy (non-hydrogen) atoms. The van der Waals surface area contributed by atoms with Gasteiger partial charge in [0, 0.05) is 32.7 Å². The number of urea groups is 1. The number of aryl methyl sites for hydroxylation is 1. The zero-order chi connectivity index (χ0) is 32.4. The minimum Gasteiger partial charge on any atom is -0.481 e. The summed E-state index contributed by atoms with van der Waals surface area (Å²) < 4.78 is 94.0. The number of carboxylic acids is 1. The number of nitrogens with one attached hydrogen (secondary N) is 1. The van der Waals surface area contributed by atoms with E-state index in [1.807, 2.05) is 0 Å². The summed E-state index contributed by atoms with van der Waals surface area (Å²) in [7, 11) is 0. The van der Waals surface area contributed by atoms with Gasteiger partial charge in [0.1, 0.15) is 5.82 Å². The normalized spacial score (nSPS) is 22.5. The highest BCUT2D eigenvalue weighted by atomic mass is 19.4. The first kappa shape index (κ1) is 33.5. The quantitative estimate of drug-likeness (QED) is 0.316. The second kappa shape index (κ2) is 13.3. The molecule has 0 radical (unpaired) electrons. The molecule has 2 aliphatic rings. The molecule has 1 saturated carbocycles. The summed E-state index contributed by atoms with van der Waals surface area (Å²) in [6, 6.07) is 4.67. The number of aliphatic carboxylic acids is 1. The molecule has 2 amide bonds. The van der Waals surface area contributed by atoms with Crippen molar-refractivity contribution in [3.8, 4) is 0 Å². The Labute approximate surface area is 251 Å². The lowest BCUT2D eigenvalue weighted by atomic mass is 9.81. The van der Waals surface area contributed by atoms with Crippen LogP contribution in [0.3, 0.4) is 0 Å². The molecule has 2 aromatic rings. The number of hydrogen-bond donors (Lipinski definition) is 2. The minimum absolute atomic E-state index is 0.0711.